The van der Waals surface area contributed by atoms with Gasteiger partial charge in [0.15, 0.2) is 0 Å². The SMILES string of the molecule is Cc1ncn(CC2CCN(CC(O)c3cscn3)CC2)c(=O)c1C. The zero-order valence-corrected chi connectivity index (χ0v) is 15.0. The van der Waals surface area contributed by atoms with Crippen molar-refractivity contribution < 1.29 is 5.11 Å². The average molecular weight is 348 g/mol. The highest BCUT2D eigenvalue weighted by molar-refractivity contribution is 7.07. The average Bonchev–Trinajstić information content (AvgIpc) is 3.12. The first-order valence-corrected chi connectivity index (χ1v) is 9.30. The molecular weight excluding hydrogens is 324 g/mol. The Bertz CT molecular complexity index is 721. The summed E-state index contributed by atoms with van der Waals surface area (Å²) in [4.78, 5) is 23.0. The summed E-state index contributed by atoms with van der Waals surface area (Å²) in [5.41, 5.74) is 4.13. The van der Waals surface area contributed by atoms with Crippen molar-refractivity contribution in [3.05, 3.63) is 44.5 Å². The van der Waals surface area contributed by atoms with Gasteiger partial charge in [-0.25, -0.2) is 9.97 Å². The maximum Gasteiger partial charge on any atom is 0.256 e. The van der Waals surface area contributed by atoms with E-state index in [1.165, 1.54) is 11.3 Å². The van der Waals surface area contributed by atoms with Gasteiger partial charge in [-0.05, 0) is 45.7 Å². The van der Waals surface area contributed by atoms with Crippen LogP contribution in [-0.2, 0) is 6.54 Å². The maximum atomic E-state index is 12.3. The molecule has 1 saturated heterocycles. The normalized spacial score (nSPS) is 18.0. The number of rotatable bonds is 5. The van der Waals surface area contributed by atoms with E-state index in [-0.39, 0.29) is 5.56 Å². The van der Waals surface area contributed by atoms with Crippen molar-refractivity contribution in [2.24, 2.45) is 5.92 Å². The van der Waals surface area contributed by atoms with E-state index in [1.807, 2.05) is 19.2 Å². The fourth-order valence-electron chi connectivity index (χ4n) is 3.16. The molecule has 7 heteroatoms. The van der Waals surface area contributed by atoms with Gasteiger partial charge in [0, 0.05) is 29.7 Å². The highest BCUT2D eigenvalue weighted by atomic mass is 32.1. The number of aryl methyl sites for hydroxylation is 1. The Morgan fingerprint density at radius 2 is 2.08 bits per heavy atom. The van der Waals surface area contributed by atoms with Gasteiger partial charge in [-0.15, -0.1) is 11.3 Å². The Labute approximate surface area is 145 Å². The van der Waals surface area contributed by atoms with Gasteiger partial charge in [-0.3, -0.25) is 9.36 Å². The van der Waals surface area contributed by atoms with E-state index in [4.69, 9.17) is 0 Å². The number of nitrogens with zero attached hydrogens (tertiary/aromatic N) is 4. The molecule has 1 aliphatic heterocycles. The lowest BCUT2D eigenvalue weighted by atomic mass is 9.96. The van der Waals surface area contributed by atoms with Crippen molar-refractivity contribution in [3.8, 4) is 0 Å². The number of aliphatic hydroxyl groups is 1. The molecule has 0 aliphatic carbocycles. The van der Waals surface area contributed by atoms with Crippen molar-refractivity contribution in [2.75, 3.05) is 19.6 Å². The van der Waals surface area contributed by atoms with Gasteiger partial charge in [0.2, 0.25) is 0 Å². The molecule has 0 amide bonds. The zero-order valence-electron chi connectivity index (χ0n) is 14.2. The molecule has 6 nitrogen and oxygen atoms in total. The maximum absolute atomic E-state index is 12.3. The number of aromatic nitrogens is 3. The van der Waals surface area contributed by atoms with Gasteiger partial charge in [-0.1, -0.05) is 0 Å². The van der Waals surface area contributed by atoms with Crippen LogP contribution < -0.4 is 5.56 Å². The fourth-order valence-corrected chi connectivity index (χ4v) is 3.76. The minimum Gasteiger partial charge on any atom is -0.385 e. The predicted octanol–water partition coefficient (Wildman–Crippen LogP) is 1.76. The van der Waals surface area contributed by atoms with Crippen LogP contribution in [0, 0.1) is 19.8 Å². The first kappa shape index (κ1) is 17.3. The van der Waals surface area contributed by atoms with Crippen LogP contribution in [0.15, 0.2) is 22.0 Å². The van der Waals surface area contributed by atoms with Crippen molar-refractivity contribution in [2.45, 2.75) is 39.3 Å². The molecule has 0 radical (unpaired) electrons. The molecule has 2 aromatic heterocycles. The van der Waals surface area contributed by atoms with Crippen LogP contribution in [-0.4, -0.2) is 44.2 Å². The molecule has 0 spiro atoms. The summed E-state index contributed by atoms with van der Waals surface area (Å²) in [5.74, 6) is 0.485. The molecule has 1 fully saturated rings. The van der Waals surface area contributed by atoms with Crippen molar-refractivity contribution in [1.82, 2.24) is 19.4 Å². The quantitative estimate of drug-likeness (QED) is 0.891. The Morgan fingerprint density at radius 1 is 1.33 bits per heavy atom. The first-order chi connectivity index (χ1) is 11.5. The molecule has 1 N–H and O–H groups in total. The number of hydrogen-bond donors (Lipinski definition) is 1. The summed E-state index contributed by atoms with van der Waals surface area (Å²) < 4.78 is 1.74. The number of likely N-dealkylation sites (tertiary alicyclic amines) is 1. The van der Waals surface area contributed by atoms with E-state index in [1.54, 1.807) is 16.4 Å². The monoisotopic (exact) mass is 348 g/mol. The highest BCUT2D eigenvalue weighted by Crippen LogP contribution is 2.21. The Morgan fingerprint density at radius 3 is 2.75 bits per heavy atom. The number of piperidine rings is 1. The second-order valence-corrected chi connectivity index (χ2v) is 7.30. The summed E-state index contributed by atoms with van der Waals surface area (Å²) in [5, 5.41) is 12.1. The lowest BCUT2D eigenvalue weighted by Crippen LogP contribution is -2.38. The third-order valence-electron chi connectivity index (χ3n) is 4.90. The Kier molecular flexibility index (Phi) is 5.43. The molecular formula is C17H24N4O2S. The number of hydrogen-bond acceptors (Lipinski definition) is 6. The highest BCUT2D eigenvalue weighted by Gasteiger charge is 2.23. The van der Waals surface area contributed by atoms with Crippen molar-refractivity contribution >= 4 is 11.3 Å². The van der Waals surface area contributed by atoms with E-state index in [2.05, 4.69) is 14.9 Å². The molecule has 2 aromatic rings. The minimum atomic E-state index is -0.514. The molecule has 0 aromatic carbocycles. The fraction of sp³-hybridized carbons (Fsp3) is 0.588. The van der Waals surface area contributed by atoms with Crippen LogP contribution in [0.3, 0.4) is 0 Å². The number of thiazole rings is 1. The number of aliphatic hydroxyl groups excluding tert-OH is 1. The zero-order chi connectivity index (χ0) is 17.1. The van der Waals surface area contributed by atoms with E-state index >= 15 is 0 Å². The van der Waals surface area contributed by atoms with Crippen molar-refractivity contribution in [3.63, 3.8) is 0 Å². The summed E-state index contributed by atoms with van der Waals surface area (Å²) in [6.45, 7) is 6.95. The number of β-amino-alcohol motifs (C(OH)–C–C–N with tert-alkyl or cyclic N) is 1. The van der Waals surface area contributed by atoms with E-state index < -0.39 is 6.10 Å². The molecule has 0 bridgehead atoms. The summed E-state index contributed by atoms with van der Waals surface area (Å²) in [6.07, 6.45) is 3.22. The first-order valence-electron chi connectivity index (χ1n) is 8.35. The minimum absolute atomic E-state index is 0.0730. The third kappa shape index (κ3) is 3.91. The summed E-state index contributed by atoms with van der Waals surface area (Å²) in [6, 6.07) is 0. The lowest BCUT2D eigenvalue weighted by molar-refractivity contribution is 0.0843. The van der Waals surface area contributed by atoms with Gasteiger partial charge in [0.1, 0.15) is 6.10 Å². The van der Waals surface area contributed by atoms with Crippen molar-refractivity contribution in [1.29, 1.82) is 0 Å². The molecule has 1 atom stereocenters. The second kappa shape index (κ2) is 7.55. The second-order valence-electron chi connectivity index (χ2n) is 6.59. The van der Waals surface area contributed by atoms with Gasteiger partial charge in [0.05, 0.1) is 17.5 Å². The molecule has 130 valence electrons. The van der Waals surface area contributed by atoms with Crippen LogP contribution in [0.4, 0.5) is 0 Å². The van der Waals surface area contributed by atoms with Crippen LogP contribution in [0.2, 0.25) is 0 Å². The molecule has 1 unspecified atom stereocenters. The van der Waals surface area contributed by atoms with Gasteiger partial charge < -0.3 is 10.0 Å². The topological polar surface area (TPSA) is 71.2 Å². The molecule has 1 aliphatic rings. The summed E-state index contributed by atoms with van der Waals surface area (Å²) >= 11 is 1.51. The standard InChI is InChI=1S/C17H24N4O2S/c1-12-13(2)18-10-21(17(12)23)7-14-3-5-20(6-4-14)8-16(22)15-9-24-11-19-15/h9-11,14,16,22H,3-8H2,1-2H3. The third-order valence-corrected chi connectivity index (χ3v) is 5.51. The summed E-state index contributed by atoms with van der Waals surface area (Å²) in [7, 11) is 0. The molecule has 24 heavy (non-hydrogen) atoms. The van der Waals surface area contributed by atoms with E-state index in [0.717, 1.165) is 49.4 Å². The van der Waals surface area contributed by atoms with Crippen LogP contribution >= 0.6 is 11.3 Å². The van der Waals surface area contributed by atoms with Crippen LogP contribution in [0.5, 0.6) is 0 Å². The smallest absolute Gasteiger partial charge is 0.256 e. The van der Waals surface area contributed by atoms with Crippen LogP contribution in [0.1, 0.15) is 35.9 Å². The molecule has 3 heterocycles. The van der Waals surface area contributed by atoms with Gasteiger partial charge in [-0.2, -0.15) is 0 Å². The van der Waals surface area contributed by atoms with Gasteiger partial charge in [0.25, 0.3) is 5.56 Å². The Balaban J connectivity index is 1.52. The lowest BCUT2D eigenvalue weighted by Gasteiger charge is -2.33. The molecule has 3 rings (SSSR count). The largest absolute Gasteiger partial charge is 0.385 e. The van der Waals surface area contributed by atoms with Crippen LogP contribution in [0.25, 0.3) is 0 Å². The predicted molar refractivity (Wildman–Crippen MR) is 94.2 cm³/mol. The Hall–Kier alpha value is -1.57. The molecule has 0 saturated carbocycles. The van der Waals surface area contributed by atoms with Gasteiger partial charge >= 0.3 is 0 Å². The van der Waals surface area contributed by atoms with E-state index in [9.17, 15) is 9.90 Å². The van der Waals surface area contributed by atoms with E-state index in [0.29, 0.717) is 12.5 Å².